The van der Waals surface area contributed by atoms with Crippen molar-refractivity contribution in [3.05, 3.63) is 33.8 Å². The lowest BCUT2D eigenvalue weighted by molar-refractivity contribution is 0.0102. The summed E-state index contributed by atoms with van der Waals surface area (Å²) in [7, 11) is -3.36. The van der Waals surface area contributed by atoms with E-state index in [-0.39, 0.29) is 36.8 Å². The first-order valence-corrected chi connectivity index (χ1v) is 10.2. The maximum Gasteiger partial charge on any atom is 0.233 e. The Morgan fingerprint density at radius 3 is 2.80 bits per heavy atom. The number of nitrogens with one attached hydrogen (secondary N) is 2. The van der Waals surface area contributed by atoms with Gasteiger partial charge in [0.25, 0.3) is 0 Å². The Morgan fingerprint density at radius 1 is 1.36 bits per heavy atom. The normalized spacial score (nSPS) is 21.4. The van der Waals surface area contributed by atoms with Gasteiger partial charge in [0.15, 0.2) is 0 Å². The molecule has 0 bridgehead atoms. The summed E-state index contributed by atoms with van der Waals surface area (Å²) in [5.74, 6) is 0.100. The fraction of sp³-hybridized carbons (Fsp3) is 0.600. The highest BCUT2D eigenvalue weighted by Gasteiger charge is 2.26. The van der Waals surface area contributed by atoms with Gasteiger partial charge < -0.3 is 10.1 Å². The van der Waals surface area contributed by atoms with E-state index in [0.717, 1.165) is 18.7 Å². The second kappa shape index (κ2) is 10.9. The van der Waals surface area contributed by atoms with E-state index in [9.17, 15) is 8.42 Å². The Kier molecular flexibility index (Phi) is 9.98. The van der Waals surface area contributed by atoms with E-state index in [1.54, 1.807) is 13.0 Å². The summed E-state index contributed by atoms with van der Waals surface area (Å²) in [5, 5.41) is 4.30. The summed E-state index contributed by atoms with van der Waals surface area (Å²) in [6.45, 7) is 3.90. The maximum atomic E-state index is 11.4. The Morgan fingerprint density at radius 2 is 2.12 bits per heavy atom. The third-order valence-corrected chi connectivity index (χ3v) is 5.71. The van der Waals surface area contributed by atoms with E-state index >= 15 is 0 Å². The minimum absolute atomic E-state index is 0. The van der Waals surface area contributed by atoms with Crippen molar-refractivity contribution < 1.29 is 18.0 Å². The minimum Gasteiger partial charge on any atom is -0.372 e. The molecule has 0 aromatic heterocycles. The van der Waals surface area contributed by atoms with Crippen molar-refractivity contribution >= 4 is 45.6 Å². The van der Waals surface area contributed by atoms with E-state index in [0.29, 0.717) is 23.1 Å². The second-order valence-corrected chi connectivity index (χ2v) is 8.34. The molecule has 1 aromatic rings. The SMILES string of the molecule is CCS(=O)(=O)NOCC[C@H]1CNCCO[C@H]1c1ccc(Cl)c(Cl)c1.Cl. The monoisotopic (exact) mass is 432 g/mol. The first-order valence-electron chi connectivity index (χ1n) is 7.81. The summed E-state index contributed by atoms with van der Waals surface area (Å²) in [6.07, 6.45) is 0.477. The molecule has 10 heteroatoms. The van der Waals surface area contributed by atoms with Crippen molar-refractivity contribution in [1.29, 1.82) is 0 Å². The van der Waals surface area contributed by atoms with Gasteiger partial charge in [0.1, 0.15) is 0 Å². The highest BCUT2D eigenvalue weighted by Crippen LogP contribution is 2.33. The predicted octanol–water partition coefficient (Wildman–Crippen LogP) is 2.95. The number of ether oxygens (including phenoxy) is 1. The molecule has 2 rings (SSSR count). The van der Waals surface area contributed by atoms with E-state index in [1.807, 2.05) is 12.1 Å². The maximum absolute atomic E-state index is 11.4. The minimum atomic E-state index is -3.36. The van der Waals surface area contributed by atoms with Gasteiger partial charge in [-0.15, -0.1) is 12.4 Å². The van der Waals surface area contributed by atoms with Crippen LogP contribution < -0.4 is 10.2 Å². The van der Waals surface area contributed by atoms with Crippen molar-refractivity contribution in [2.75, 3.05) is 32.1 Å². The van der Waals surface area contributed by atoms with Crippen molar-refractivity contribution in [2.45, 2.75) is 19.4 Å². The summed E-state index contributed by atoms with van der Waals surface area (Å²) in [4.78, 5) is 7.20. The van der Waals surface area contributed by atoms with Gasteiger partial charge in [-0.05, 0) is 31.0 Å². The van der Waals surface area contributed by atoms with Crippen molar-refractivity contribution in [2.24, 2.45) is 5.92 Å². The lowest BCUT2D eigenvalue weighted by Crippen LogP contribution is -2.29. The molecule has 6 nitrogen and oxygen atoms in total. The molecule has 0 spiro atoms. The van der Waals surface area contributed by atoms with Crippen LogP contribution in [0.15, 0.2) is 18.2 Å². The van der Waals surface area contributed by atoms with Gasteiger partial charge in [0.2, 0.25) is 10.0 Å². The van der Waals surface area contributed by atoms with Crippen LogP contribution in [0.4, 0.5) is 0 Å². The van der Waals surface area contributed by atoms with Crippen LogP contribution in [0, 0.1) is 5.92 Å². The zero-order valence-electron chi connectivity index (χ0n) is 13.8. The van der Waals surface area contributed by atoms with Gasteiger partial charge in [0.05, 0.1) is 35.1 Å². The van der Waals surface area contributed by atoms with Crippen LogP contribution >= 0.6 is 35.6 Å². The number of halogens is 3. The fourth-order valence-corrected chi connectivity index (χ4v) is 3.19. The number of hydrogen-bond acceptors (Lipinski definition) is 5. The summed E-state index contributed by atoms with van der Waals surface area (Å²) < 4.78 is 28.7. The van der Waals surface area contributed by atoms with E-state index in [1.165, 1.54) is 0 Å². The average Bonchev–Trinajstić information content (AvgIpc) is 2.80. The van der Waals surface area contributed by atoms with Gasteiger partial charge in [-0.1, -0.05) is 34.2 Å². The first-order chi connectivity index (χ1) is 11.4. The summed E-state index contributed by atoms with van der Waals surface area (Å²) >= 11 is 12.1. The molecule has 25 heavy (non-hydrogen) atoms. The standard InChI is InChI=1S/C15H22Cl2N2O4S.ClH/c1-2-24(20,21)19-23-7-5-12-10-18-6-8-22-15(12)11-3-4-13(16)14(17)9-11;/h3-4,9,12,15,18-19H,2,5-8,10H2,1H3;1H/t12-,15-;/m0./s1. The molecule has 0 aliphatic carbocycles. The molecule has 1 aliphatic heterocycles. The van der Waals surface area contributed by atoms with Crippen LogP contribution in [0.3, 0.4) is 0 Å². The molecular weight excluding hydrogens is 411 g/mol. The molecule has 144 valence electrons. The number of benzene rings is 1. The molecule has 0 unspecified atom stereocenters. The Bertz CT molecular complexity index is 646. The highest BCUT2D eigenvalue weighted by atomic mass is 35.5. The molecule has 2 atom stereocenters. The smallest absolute Gasteiger partial charge is 0.233 e. The zero-order valence-corrected chi connectivity index (χ0v) is 17.0. The van der Waals surface area contributed by atoms with E-state index < -0.39 is 10.0 Å². The fourth-order valence-electron chi connectivity index (χ4n) is 2.50. The number of sulfonamides is 1. The molecule has 0 radical (unpaired) electrons. The third kappa shape index (κ3) is 7.19. The molecule has 1 heterocycles. The molecule has 1 saturated heterocycles. The number of hydrogen-bond donors (Lipinski definition) is 2. The Hall–Kier alpha value is -0.120. The molecule has 2 N–H and O–H groups in total. The second-order valence-electron chi connectivity index (χ2n) is 5.55. The Labute approximate surface area is 165 Å². The first kappa shape index (κ1) is 22.9. The lowest BCUT2D eigenvalue weighted by atomic mass is 9.93. The lowest BCUT2D eigenvalue weighted by Gasteiger charge is -2.25. The summed E-state index contributed by atoms with van der Waals surface area (Å²) in [5.41, 5.74) is 0.951. The topological polar surface area (TPSA) is 76.7 Å². The molecule has 1 fully saturated rings. The molecule has 1 aliphatic rings. The van der Waals surface area contributed by atoms with Crippen LogP contribution in [0.5, 0.6) is 0 Å². The van der Waals surface area contributed by atoms with Crippen LogP contribution in [-0.2, 0) is 19.6 Å². The van der Waals surface area contributed by atoms with Crippen LogP contribution in [0.1, 0.15) is 25.0 Å². The van der Waals surface area contributed by atoms with E-state index in [2.05, 4.69) is 10.2 Å². The average molecular weight is 434 g/mol. The molecule has 0 amide bonds. The van der Waals surface area contributed by atoms with Crippen molar-refractivity contribution in [1.82, 2.24) is 10.2 Å². The quantitative estimate of drug-likeness (QED) is 0.511. The zero-order chi connectivity index (χ0) is 17.6. The van der Waals surface area contributed by atoms with Crippen LogP contribution in [-0.4, -0.2) is 40.5 Å². The molecule has 0 saturated carbocycles. The van der Waals surface area contributed by atoms with Gasteiger partial charge in [-0.2, -0.15) is 0 Å². The Balaban J connectivity index is 0.00000312. The van der Waals surface area contributed by atoms with Crippen molar-refractivity contribution in [3.8, 4) is 0 Å². The van der Waals surface area contributed by atoms with Crippen LogP contribution in [0.2, 0.25) is 10.0 Å². The predicted molar refractivity (Wildman–Crippen MR) is 102 cm³/mol. The van der Waals surface area contributed by atoms with Crippen molar-refractivity contribution in [3.63, 3.8) is 0 Å². The van der Waals surface area contributed by atoms with E-state index in [4.69, 9.17) is 32.8 Å². The largest absolute Gasteiger partial charge is 0.372 e. The summed E-state index contributed by atoms with van der Waals surface area (Å²) in [6, 6.07) is 5.47. The van der Waals surface area contributed by atoms with Gasteiger partial charge in [0, 0.05) is 19.0 Å². The van der Waals surface area contributed by atoms with Gasteiger partial charge in [-0.25, -0.2) is 8.42 Å². The molecular formula is C15H23Cl3N2O4S. The van der Waals surface area contributed by atoms with Gasteiger partial charge >= 0.3 is 0 Å². The highest BCUT2D eigenvalue weighted by molar-refractivity contribution is 7.89. The third-order valence-electron chi connectivity index (χ3n) is 3.84. The number of rotatable bonds is 7. The van der Waals surface area contributed by atoms with Gasteiger partial charge in [-0.3, -0.25) is 4.84 Å². The van der Waals surface area contributed by atoms with Crippen LogP contribution in [0.25, 0.3) is 0 Å². The molecule has 1 aromatic carbocycles.